The van der Waals surface area contributed by atoms with Gasteiger partial charge in [0.25, 0.3) is 0 Å². The minimum atomic E-state index is 0.459. The zero-order valence-electron chi connectivity index (χ0n) is 12.2. The molecule has 1 aliphatic rings. The van der Waals surface area contributed by atoms with E-state index in [9.17, 15) is 0 Å². The number of nitrogens with zero attached hydrogens (tertiary/aromatic N) is 2. The van der Waals surface area contributed by atoms with Crippen molar-refractivity contribution in [2.24, 2.45) is 11.3 Å². The highest BCUT2D eigenvalue weighted by Crippen LogP contribution is 2.46. The third-order valence-electron chi connectivity index (χ3n) is 4.99. The summed E-state index contributed by atoms with van der Waals surface area (Å²) in [5.74, 6) is 0.840. The molecule has 0 saturated carbocycles. The fourth-order valence-electron chi connectivity index (χ4n) is 3.33. The highest BCUT2D eigenvalue weighted by atomic mass is 15.2. The first kappa shape index (κ1) is 14.0. The van der Waals surface area contributed by atoms with Crippen LogP contribution in [0, 0.1) is 11.3 Å². The summed E-state index contributed by atoms with van der Waals surface area (Å²) in [4.78, 5) is 4.85. The van der Waals surface area contributed by atoms with Crippen LogP contribution in [-0.4, -0.2) is 49.6 Å². The van der Waals surface area contributed by atoms with Crippen LogP contribution < -0.4 is 0 Å². The minimum absolute atomic E-state index is 0.459. The van der Waals surface area contributed by atoms with Crippen LogP contribution in [-0.2, 0) is 0 Å². The summed E-state index contributed by atoms with van der Waals surface area (Å²) in [6.45, 7) is 10.9. The molecule has 1 rings (SSSR count). The molecule has 3 unspecified atom stereocenters. The van der Waals surface area contributed by atoms with Crippen LogP contribution in [0.25, 0.3) is 0 Å². The van der Waals surface area contributed by atoms with Crippen molar-refractivity contribution in [2.75, 3.05) is 27.7 Å². The molecule has 0 aliphatic carbocycles. The molecule has 2 nitrogen and oxygen atoms in total. The van der Waals surface area contributed by atoms with Gasteiger partial charge in [0.05, 0.1) is 0 Å². The van der Waals surface area contributed by atoms with Crippen LogP contribution in [0.3, 0.4) is 0 Å². The largest absolute Gasteiger partial charge is 0.309 e. The number of hydrogen-bond donors (Lipinski definition) is 0. The smallest absolute Gasteiger partial charge is 0.0121 e. The van der Waals surface area contributed by atoms with Gasteiger partial charge < -0.3 is 9.80 Å². The average Bonchev–Trinajstić information content (AvgIpc) is 2.32. The van der Waals surface area contributed by atoms with Crippen LogP contribution in [0.1, 0.15) is 40.5 Å². The van der Waals surface area contributed by atoms with Gasteiger partial charge in [0.1, 0.15) is 0 Å². The number of likely N-dealkylation sites (tertiary alicyclic amines) is 1. The molecule has 1 saturated heterocycles. The maximum Gasteiger partial charge on any atom is 0.0121 e. The van der Waals surface area contributed by atoms with E-state index in [1.165, 1.54) is 19.4 Å². The fourth-order valence-corrected chi connectivity index (χ4v) is 3.33. The van der Waals surface area contributed by atoms with Crippen LogP contribution >= 0.6 is 0 Å². The van der Waals surface area contributed by atoms with E-state index in [-0.39, 0.29) is 0 Å². The van der Waals surface area contributed by atoms with Crippen LogP contribution in [0.2, 0.25) is 0 Å². The van der Waals surface area contributed by atoms with Gasteiger partial charge in [-0.05, 0) is 65.7 Å². The van der Waals surface area contributed by atoms with Gasteiger partial charge in [0, 0.05) is 12.1 Å². The van der Waals surface area contributed by atoms with E-state index in [0.29, 0.717) is 11.5 Å². The Kier molecular flexibility index (Phi) is 4.42. The van der Waals surface area contributed by atoms with Crippen molar-refractivity contribution in [1.82, 2.24) is 9.80 Å². The van der Waals surface area contributed by atoms with E-state index in [0.717, 1.165) is 12.0 Å². The monoisotopic (exact) mass is 226 g/mol. The Bertz CT molecular complexity index is 223. The van der Waals surface area contributed by atoms with Crippen molar-refractivity contribution < 1.29 is 0 Å². The van der Waals surface area contributed by atoms with Gasteiger partial charge >= 0.3 is 0 Å². The van der Waals surface area contributed by atoms with Crippen LogP contribution in [0.4, 0.5) is 0 Å². The molecule has 0 bridgehead atoms. The minimum Gasteiger partial charge on any atom is -0.309 e. The second-order valence-electron chi connectivity index (χ2n) is 6.46. The van der Waals surface area contributed by atoms with Gasteiger partial charge in [-0.3, -0.25) is 0 Å². The SMILES string of the molecule is CC1C(CCCN(C)C)C(C)(C)C(C)N1C. The Morgan fingerprint density at radius 3 is 2.12 bits per heavy atom. The third kappa shape index (κ3) is 2.60. The average molecular weight is 226 g/mol. The summed E-state index contributed by atoms with van der Waals surface area (Å²) in [6.07, 6.45) is 2.69. The standard InChI is InChI=1S/C14H30N2/c1-11-13(9-8-10-15(5)6)14(3,4)12(2)16(11)7/h11-13H,8-10H2,1-7H3. The molecule has 0 amide bonds. The maximum atomic E-state index is 2.56. The van der Waals surface area contributed by atoms with Crippen molar-refractivity contribution in [1.29, 1.82) is 0 Å². The topological polar surface area (TPSA) is 6.48 Å². The lowest BCUT2D eigenvalue weighted by atomic mass is 9.73. The first-order valence-corrected chi connectivity index (χ1v) is 6.65. The zero-order chi connectivity index (χ0) is 12.5. The van der Waals surface area contributed by atoms with E-state index < -0.39 is 0 Å². The molecule has 0 N–H and O–H groups in total. The van der Waals surface area contributed by atoms with Crippen molar-refractivity contribution >= 4 is 0 Å². The van der Waals surface area contributed by atoms with Gasteiger partial charge in [0.2, 0.25) is 0 Å². The van der Waals surface area contributed by atoms with E-state index in [2.05, 4.69) is 58.6 Å². The first-order chi connectivity index (χ1) is 7.28. The van der Waals surface area contributed by atoms with E-state index in [4.69, 9.17) is 0 Å². The highest BCUT2D eigenvalue weighted by Gasteiger charge is 2.47. The quantitative estimate of drug-likeness (QED) is 0.727. The molecule has 1 fully saturated rings. The molecular formula is C14H30N2. The van der Waals surface area contributed by atoms with Gasteiger partial charge in [-0.25, -0.2) is 0 Å². The predicted octanol–water partition coefficient (Wildman–Crippen LogP) is 2.69. The molecule has 1 aliphatic heterocycles. The normalized spacial score (nSPS) is 34.9. The molecular weight excluding hydrogens is 196 g/mol. The Morgan fingerprint density at radius 2 is 1.75 bits per heavy atom. The van der Waals surface area contributed by atoms with Crippen molar-refractivity contribution in [2.45, 2.75) is 52.6 Å². The molecule has 0 spiro atoms. The Hall–Kier alpha value is -0.0800. The summed E-state index contributed by atoms with van der Waals surface area (Å²) in [5, 5.41) is 0. The summed E-state index contributed by atoms with van der Waals surface area (Å²) in [7, 11) is 6.61. The molecule has 0 aromatic heterocycles. The van der Waals surface area contributed by atoms with Crippen LogP contribution in [0.5, 0.6) is 0 Å². The molecule has 1 heterocycles. The van der Waals surface area contributed by atoms with Crippen LogP contribution in [0.15, 0.2) is 0 Å². The fraction of sp³-hybridized carbons (Fsp3) is 1.00. The van der Waals surface area contributed by atoms with Crippen molar-refractivity contribution in [3.05, 3.63) is 0 Å². The van der Waals surface area contributed by atoms with Gasteiger partial charge in [-0.2, -0.15) is 0 Å². The lowest BCUT2D eigenvalue weighted by molar-refractivity contribution is 0.195. The molecule has 0 radical (unpaired) electrons. The Balaban J connectivity index is 2.57. The van der Waals surface area contributed by atoms with E-state index in [1.807, 2.05) is 0 Å². The summed E-state index contributed by atoms with van der Waals surface area (Å²) >= 11 is 0. The summed E-state index contributed by atoms with van der Waals surface area (Å²) in [6, 6.07) is 1.43. The van der Waals surface area contributed by atoms with Crippen molar-refractivity contribution in [3.8, 4) is 0 Å². The number of rotatable bonds is 4. The molecule has 0 aromatic carbocycles. The van der Waals surface area contributed by atoms with Crippen molar-refractivity contribution in [3.63, 3.8) is 0 Å². The lowest BCUT2D eigenvalue weighted by Crippen LogP contribution is -2.33. The molecule has 3 atom stereocenters. The molecule has 0 aromatic rings. The second kappa shape index (κ2) is 5.05. The van der Waals surface area contributed by atoms with E-state index >= 15 is 0 Å². The van der Waals surface area contributed by atoms with Gasteiger partial charge in [-0.15, -0.1) is 0 Å². The number of hydrogen-bond acceptors (Lipinski definition) is 2. The summed E-state index contributed by atoms with van der Waals surface area (Å²) in [5.41, 5.74) is 0.459. The molecule has 96 valence electrons. The molecule has 16 heavy (non-hydrogen) atoms. The lowest BCUT2D eigenvalue weighted by Gasteiger charge is -2.31. The maximum absolute atomic E-state index is 2.56. The third-order valence-corrected chi connectivity index (χ3v) is 4.99. The highest BCUT2D eigenvalue weighted by molar-refractivity contribution is 5.00. The Morgan fingerprint density at radius 1 is 1.19 bits per heavy atom. The van der Waals surface area contributed by atoms with Gasteiger partial charge in [0.15, 0.2) is 0 Å². The van der Waals surface area contributed by atoms with Gasteiger partial charge in [-0.1, -0.05) is 13.8 Å². The molecule has 2 heteroatoms. The Labute approximate surface area is 102 Å². The first-order valence-electron chi connectivity index (χ1n) is 6.65. The predicted molar refractivity (Wildman–Crippen MR) is 71.7 cm³/mol. The zero-order valence-corrected chi connectivity index (χ0v) is 12.2. The van der Waals surface area contributed by atoms with E-state index in [1.54, 1.807) is 0 Å². The second-order valence-corrected chi connectivity index (χ2v) is 6.46. The summed E-state index contributed by atoms with van der Waals surface area (Å²) < 4.78 is 0.